The fourth-order valence-corrected chi connectivity index (χ4v) is 2.59. The lowest BCUT2D eigenvalue weighted by molar-refractivity contribution is 0.371. The second-order valence-electron chi connectivity index (χ2n) is 6.05. The molecule has 0 aliphatic rings. The molecule has 0 saturated heterocycles. The zero-order chi connectivity index (χ0) is 17.1. The summed E-state index contributed by atoms with van der Waals surface area (Å²) in [5, 5.41) is 38.2. The van der Waals surface area contributed by atoms with Crippen LogP contribution in [-0.4, -0.2) is 20.4 Å². The molecule has 0 unspecified atom stereocenters. The monoisotopic (exact) mass is 322 g/mol. The molecule has 0 saturated carbocycles. The fraction of sp³-hybridized carbons (Fsp3) is 0.579. The normalized spacial score (nSPS) is 11.3. The van der Waals surface area contributed by atoms with E-state index in [1.54, 1.807) is 0 Å². The molecule has 1 rings (SSSR count). The maximum atomic E-state index is 9.69. The van der Waals surface area contributed by atoms with E-state index in [2.05, 4.69) is 6.92 Å². The van der Waals surface area contributed by atoms with E-state index in [1.165, 1.54) is 57.4 Å². The minimum Gasteiger partial charge on any atom is -0.504 e. The third-order valence-corrected chi connectivity index (χ3v) is 4.03. The molecule has 4 N–H and O–H groups in total. The third-order valence-electron chi connectivity index (χ3n) is 4.03. The third kappa shape index (κ3) is 6.85. The van der Waals surface area contributed by atoms with E-state index in [0.29, 0.717) is 0 Å². The van der Waals surface area contributed by atoms with E-state index in [-0.39, 0.29) is 5.56 Å². The van der Waals surface area contributed by atoms with Gasteiger partial charge in [0.15, 0.2) is 23.0 Å². The van der Waals surface area contributed by atoms with Gasteiger partial charge in [-0.15, -0.1) is 0 Å². The molecule has 0 amide bonds. The molecule has 0 radical (unpaired) electrons. The van der Waals surface area contributed by atoms with Crippen LogP contribution in [0.25, 0.3) is 6.08 Å². The number of phenols is 4. The molecule has 0 spiro atoms. The van der Waals surface area contributed by atoms with Crippen molar-refractivity contribution in [3.8, 4) is 23.0 Å². The molecule has 4 heteroatoms. The maximum Gasteiger partial charge on any atom is 0.168 e. The molecule has 1 aromatic rings. The Kier molecular flexibility index (Phi) is 9.03. The zero-order valence-corrected chi connectivity index (χ0v) is 14.1. The Morgan fingerprint density at radius 3 is 1.74 bits per heavy atom. The Morgan fingerprint density at radius 1 is 0.739 bits per heavy atom. The first-order valence-electron chi connectivity index (χ1n) is 8.71. The number of rotatable bonds is 11. The lowest BCUT2D eigenvalue weighted by Gasteiger charge is -2.06. The summed E-state index contributed by atoms with van der Waals surface area (Å²) in [6.45, 7) is 2.23. The molecule has 0 atom stereocenters. The van der Waals surface area contributed by atoms with Crippen molar-refractivity contribution in [3.63, 3.8) is 0 Å². The van der Waals surface area contributed by atoms with Gasteiger partial charge in [0.25, 0.3) is 0 Å². The highest BCUT2D eigenvalue weighted by molar-refractivity contribution is 5.71. The molecule has 4 nitrogen and oxygen atoms in total. The SMILES string of the molecule is CCCCCCCCCCCC=Cc1c(O)c(O)cc(O)c1O. The number of aromatic hydroxyl groups is 4. The van der Waals surface area contributed by atoms with Crippen molar-refractivity contribution < 1.29 is 20.4 Å². The number of hydrogen-bond acceptors (Lipinski definition) is 4. The summed E-state index contributed by atoms with van der Waals surface area (Å²) >= 11 is 0. The number of unbranched alkanes of at least 4 members (excludes halogenated alkanes) is 9. The molecule has 0 aliphatic carbocycles. The van der Waals surface area contributed by atoms with E-state index < -0.39 is 23.0 Å². The zero-order valence-electron chi connectivity index (χ0n) is 14.1. The number of allylic oxidation sites excluding steroid dienone is 1. The van der Waals surface area contributed by atoms with Gasteiger partial charge >= 0.3 is 0 Å². The van der Waals surface area contributed by atoms with Crippen molar-refractivity contribution in [1.29, 1.82) is 0 Å². The van der Waals surface area contributed by atoms with E-state index >= 15 is 0 Å². The molecule has 0 aliphatic heterocycles. The Labute approximate surface area is 139 Å². The summed E-state index contributed by atoms with van der Waals surface area (Å²) in [4.78, 5) is 0. The molecule has 130 valence electrons. The largest absolute Gasteiger partial charge is 0.504 e. The Hall–Kier alpha value is -1.84. The molecule has 0 aromatic heterocycles. The van der Waals surface area contributed by atoms with E-state index in [0.717, 1.165) is 18.9 Å². The smallest absolute Gasteiger partial charge is 0.168 e. The fourth-order valence-electron chi connectivity index (χ4n) is 2.59. The Bertz CT molecular complexity index is 468. The lowest BCUT2D eigenvalue weighted by atomic mass is 10.1. The van der Waals surface area contributed by atoms with Gasteiger partial charge in [-0.25, -0.2) is 0 Å². The summed E-state index contributed by atoms with van der Waals surface area (Å²) in [7, 11) is 0. The lowest BCUT2D eigenvalue weighted by Crippen LogP contribution is -1.82. The van der Waals surface area contributed by atoms with Crippen molar-refractivity contribution in [2.75, 3.05) is 0 Å². The van der Waals surface area contributed by atoms with Crippen molar-refractivity contribution in [2.45, 2.75) is 71.1 Å². The van der Waals surface area contributed by atoms with Gasteiger partial charge in [0.1, 0.15) is 0 Å². The van der Waals surface area contributed by atoms with Crippen LogP contribution in [0.4, 0.5) is 0 Å². The van der Waals surface area contributed by atoms with Gasteiger partial charge in [0.2, 0.25) is 0 Å². The maximum absolute atomic E-state index is 9.69. The minimum atomic E-state index is -0.442. The molecule has 1 aromatic carbocycles. The first-order valence-corrected chi connectivity index (χ1v) is 8.71. The van der Waals surface area contributed by atoms with Crippen LogP contribution in [0.1, 0.15) is 76.7 Å². The van der Waals surface area contributed by atoms with E-state index in [4.69, 9.17) is 0 Å². The minimum absolute atomic E-state index is 0.0541. The summed E-state index contributed by atoms with van der Waals surface area (Å²) in [6, 6.07) is 0.919. The van der Waals surface area contributed by atoms with E-state index in [9.17, 15) is 20.4 Å². The van der Waals surface area contributed by atoms with E-state index in [1.807, 2.05) is 6.08 Å². The standard InChI is InChI=1S/C19H30O4/c1-2-3-4-5-6-7-8-9-10-11-12-13-15-18(22)16(20)14-17(21)19(15)23/h12-14,20-23H,2-11H2,1H3. The summed E-state index contributed by atoms with van der Waals surface area (Å²) in [6.07, 6.45) is 15.6. The van der Waals surface area contributed by atoms with Crippen molar-refractivity contribution >= 4 is 6.08 Å². The van der Waals surface area contributed by atoms with Gasteiger partial charge in [-0.1, -0.05) is 70.4 Å². The molecular formula is C19H30O4. The van der Waals surface area contributed by atoms with Crippen LogP contribution in [0.3, 0.4) is 0 Å². The van der Waals surface area contributed by atoms with Gasteiger partial charge in [0.05, 0.1) is 5.56 Å². The van der Waals surface area contributed by atoms with Gasteiger partial charge in [0, 0.05) is 6.07 Å². The van der Waals surface area contributed by atoms with Crippen LogP contribution >= 0.6 is 0 Å². The second kappa shape index (κ2) is 10.8. The first kappa shape index (κ1) is 19.2. The Morgan fingerprint density at radius 2 is 1.22 bits per heavy atom. The van der Waals surface area contributed by atoms with Crippen LogP contribution in [-0.2, 0) is 0 Å². The molecule has 0 fully saturated rings. The number of hydrogen-bond donors (Lipinski definition) is 4. The van der Waals surface area contributed by atoms with Gasteiger partial charge in [-0.05, 0) is 12.8 Å². The van der Waals surface area contributed by atoms with Crippen molar-refractivity contribution in [2.24, 2.45) is 0 Å². The number of phenolic OH excluding ortho intramolecular Hbond substituents is 4. The average Bonchev–Trinajstić information content (AvgIpc) is 2.53. The quantitative estimate of drug-likeness (QED) is 0.248. The van der Waals surface area contributed by atoms with Gasteiger partial charge in [-0.2, -0.15) is 0 Å². The predicted octanol–water partition coefficient (Wildman–Crippen LogP) is 5.44. The number of benzene rings is 1. The summed E-state index contributed by atoms with van der Waals surface area (Å²) < 4.78 is 0. The molecular weight excluding hydrogens is 292 g/mol. The van der Waals surface area contributed by atoms with Crippen molar-refractivity contribution in [1.82, 2.24) is 0 Å². The van der Waals surface area contributed by atoms with Crippen LogP contribution in [0, 0.1) is 0 Å². The first-order chi connectivity index (χ1) is 11.1. The van der Waals surface area contributed by atoms with Crippen molar-refractivity contribution in [3.05, 3.63) is 17.7 Å². The molecule has 0 heterocycles. The second-order valence-corrected chi connectivity index (χ2v) is 6.05. The van der Waals surface area contributed by atoms with Crippen LogP contribution in [0.5, 0.6) is 23.0 Å². The van der Waals surface area contributed by atoms with Crippen LogP contribution in [0.2, 0.25) is 0 Å². The molecule has 0 bridgehead atoms. The highest BCUT2D eigenvalue weighted by atomic mass is 16.3. The topological polar surface area (TPSA) is 80.9 Å². The highest BCUT2D eigenvalue weighted by Crippen LogP contribution is 2.42. The Balaban J connectivity index is 2.23. The summed E-state index contributed by atoms with van der Waals surface area (Å²) in [5.74, 6) is -1.71. The molecule has 23 heavy (non-hydrogen) atoms. The van der Waals surface area contributed by atoms with Crippen LogP contribution < -0.4 is 0 Å². The van der Waals surface area contributed by atoms with Gasteiger partial charge in [-0.3, -0.25) is 0 Å². The van der Waals surface area contributed by atoms with Crippen LogP contribution in [0.15, 0.2) is 12.1 Å². The predicted molar refractivity (Wildman–Crippen MR) is 94.0 cm³/mol. The van der Waals surface area contributed by atoms with Gasteiger partial charge < -0.3 is 20.4 Å². The average molecular weight is 322 g/mol. The highest BCUT2D eigenvalue weighted by Gasteiger charge is 2.14. The summed E-state index contributed by atoms with van der Waals surface area (Å²) in [5.41, 5.74) is 0.0541.